The molecule has 0 aromatic heterocycles. The van der Waals surface area contributed by atoms with Gasteiger partial charge in [0.2, 0.25) is 5.91 Å². The first-order valence-electron chi connectivity index (χ1n) is 13.9. The molecule has 0 spiro atoms. The van der Waals surface area contributed by atoms with Crippen LogP contribution in [0.1, 0.15) is 57.4 Å². The maximum atomic E-state index is 14.1. The first-order chi connectivity index (χ1) is 17.6. The third-order valence-electron chi connectivity index (χ3n) is 8.12. The van der Waals surface area contributed by atoms with Crippen LogP contribution in [-0.4, -0.2) is 56.2 Å². The van der Waals surface area contributed by atoms with Crippen molar-refractivity contribution in [3.05, 3.63) is 53.8 Å². The number of amides is 1. The van der Waals surface area contributed by atoms with E-state index in [0.717, 1.165) is 82.0 Å². The Kier molecular flexibility index (Phi) is 8.10. The number of anilines is 2. The first kappa shape index (κ1) is 25.1. The van der Waals surface area contributed by atoms with Gasteiger partial charge >= 0.3 is 0 Å². The Morgan fingerprint density at radius 1 is 0.972 bits per heavy atom. The predicted octanol–water partition coefficient (Wildman–Crippen LogP) is 5.66. The van der Waals surface area contributed by atoms with Crippen molar-refractivity contribution in [2.75, 3.05) is 49.1 Å². The van der Waals surface area contributed by atoms with E-state index in [4.69, 9.17) is 4.74 Å². The molecule has 1 atom stereocenters. The van der Waals surface area contributed by atoms with Gasteiger partial charge in [-0.2, -0.15) is 0 Å². The molecular formula is C30H40FN3O2. The van der Waals surface area contributed by atoms with Gasteiger partial charge in [0, 0.05) is 56.4 Å². The van der Waals surface area contributed by atoms with E-state index < -0.39 is 0 Å². The summed E-state index contributed by atoms with van der Waals surface area (Å²) >= 11 is 0. The topological polar surface area (TPSA) is 36.0 Å². The van der Waals surface area contributed by atoms with Crippen molar-refractivity contribution >= 4 is 17.3 Å². The van der Waals surface area contributed by atoms with Crippen molar-refractivity contribution in [2.45, 2.75) is 64.3 Å². The highest BCUT2D eigenvalue weighted by molar-refractivity contribution is 5.97. The molecule has 2 aliphatic heterocycles. The van der Waals surface area contributed by atoms with Crippen LogP contribution in [0.25, 0.3) is 0 Å². The third-order valence-corrected chi connectivity index (χ3v) is 8.12. The molecule has 0 radical (unpaired) electrons. The van der Waals surface area contributed by atoms with Crippen LogP contribution in [0.4, 0.5) is 15.8 Å². The molecule has 3 aliphatic rings. The maximum absolute atomic E-state index is 14.1. The summed E-state index contributed by atoms with van der Waals surface area (Å²) in [6.07, 6.45) is 8.60. The van der Waals surface area contributed by atoms with E-state index in [-0.39, 0.29) is 17.8 Å². The summed E-state index contributed by atoms with van der Waals surface area (Å²) < 4.78 is 20.0. The molecule has 2 fully saturated rings. The summed E-state index contributed by atoms with van der Waals surface area (Å²) in [4.78, 5) is 20.7. The monoisotopic (exact) mass is 493 g/mol. The van der Waals surface area contributed by atoms with Crippen molar-refractivity contribution in [2.24, 2.45) is 5.92 Å². The second kappa shape index (κ2) is 11.6. The van der Waals surface area contributed by atoms with Crippen molar-refractivity contribution in [3.63, 3.8) is 0 Å². The summed E-state index contributed by atoms with van der Waals surface area (Å²) in [6, 6.07) is 13.5. The van der Waals surface area contributed by atoms with E-state index in [2.05, 4.69) is 45.9 Å². The number of carbonyl (C=O) groups excluding carboxylic acids is 1. The van der Waals surface area contributed by atoms with Crippen LogP contribution in [-0.2, 0) is 11.2 Å². The van der Waals surface area contributed by atoms with Crippen molar-refractivity contribution in [1.29, 1.82) is 0 Å². The highest BCUT2D eigenvalue weighted by Gasteiger charge is 2.36. The summed E-state index contributed by atoms with van der Waals surface area (Å²) in [5.74, 6) is 1.04. The molecule has 1 saturated heterocycles. The zero-order valence-corrected chi connectivity index (χ0v) is 21.6. The molecule has 1 aliphatic carbocycles. The number of benzene rings is 2. The molecule has 36 heavy (non-hydrogen) atoms. The number of carbonyl (C=O) groups is 1. The quantitative estimate of drug-likeness (QED) is 0.498. The Morgan fingerprint density at radius 2 is 1.75 bits per heavy atom. The standard InChI is InChI=1S/C30H40FN3O2/c1-2-20-36-29-15-13-25(31)21-28(29)33-18-16-32(17-19-33)22-26-14-12-23-8-6-7-11-27(23)34(26)30(35)24-9-4-3-5-10-24/h6-8,11,13,15,21,24,26H,2-5,9-10,12,14,16-20,22H2,1H3. The van der Waals surface area contributed by atoms with Crippen LogP contribution in [0.2, 0.25) is 0 Å². The number of ether oxygens (including phenoxy) is 1. The van der Waals surface area contributed by atoms with Crippen molar-refractivity contribution in [1.82, 2.24) is 4.90 Å². The highest BCUT2D eigenvalue weighted by Crippen LogP contribution is 2.36. The lowest BCUT2D eigenvalue weighted by atomic mass is 9.86. The lowest BCUT2D eigenvalue weighted by molar-refractivity contribution is -0.124. The molecular weight excluding hydrogens is 453 g/mol. The summed E-state index contributed by atoms with van der Waals surface area (Å²) in [6.45, 7) is 7.04. The van der Waals surface area contributed by atoms with Crippen LogP contribution >= 0.6 is 0 Å². The second-order valence-corrected chi connectivity index (χ2v) is 10.6. The average molecular weight is 494 g/mol. The molecule has 0 bridgehead atoms. The average Bonchev–Trinajstić information content (AvgIpc) is 2.93. The zero-order valence-electron chi connectivity index (χ0n) is 21.6. The molecule has 1 unspecified atom stereocenters. The number of rotatable bonds is 7. The lowest BCUT2D eigenvalue weighted by Gasteiger charge is -2.44. The van der Waals surface area contributed by atoms with E-state index in [1.807, 2.05) is 0 Å². The van der Waals surface area contributed by atoms with Crippen LogP contribution < -0.4 is 14.5 Å². The molecule has 5 nitrogen and oxygen atoms in total. The molecule has 2 aromatic carbocycles. The Bertz CT molecular complexity index is 1030. The SMILES string of the molecule is CCCOc1ccc(F)cc1N1CCN(CC2CCc3ccccc3N2C(=O)C2CCCCC2)CC1. The summed E-state index contributed by atoms with van der Waals surface area (Å²) in [5.41, 5.74) is 3.28. The number of piperazine rings is 1. The Balaban J connectivity index is 1.27. The minimum atomic E-state index is -0.228. The predicted molar refractivity (Wildman–Crippen MR) is 143 cm³/mol. The molecule has 6 heteroatoms. The number of aryl methyl sites for hydroxylation is 1. The molecule has 5 rings (SSSR count). The van der Waals surface area contributed by atoms with Gasteiger partial charge in [0.1, 0.15) is 11.6 Å². The van der Waals surface area contributed by atoms with Gasteiger partial charge < -0.3 is 14.5 Å². The number of halogens is 1. The number of hydrogen-bond acceptors (Lipinski definition) is 4. The number of nitrogens with zero attached hydrogens (tertiary/aromatic N) is 3. The van der Waals surface area contributed by atoms with Crippen LogP contribution in [0.15, 0.2) is 42.5 Å². The van der Waals surface area contributed by atoms with Gasteiger partial charge in [-0.15, -0.1) is 0 Å². The first-order valence-corrected chi connectivity index (χ1v) is 13.9. The molecule has 0 N–H and O–H groups in total. The fourth-order valence-corrected chi connectivity index (χ4v) is 6.16. The van der Waals surface area contributed by atoms with E-state index in [9.17, 15) is 9.18 Å². The number of hydrogen-bond donors (Lipinski definition) is 0. The molecule has 2 aromatic rings. The fraction of sp³-hybridized carbons (Fsp3) is 0.567. The van der Waals surface area contributed by atoms with Gasteiger partial charge in [0.05, 0.1) is 12.3 Å². The number of fused-ring (bicyclic) bond motifs is 1. The molecule has 1 amide bonds. The normalized spacial score (nSPS) is 21.3. The third kappa shape index (κ3) is 5.54. The Morgan fingerprint density at radius 3 is 2.53 bits per heavy atom. The van der Waals surface area contributed by atoms with E-state index in [0.29, 0.717) is 12.5 Å². The van der Waals surface area contributed by atoms with Crippen molar-refractivity contribution < 1.29 is 13.9 Å². The summed E-state index contributed by atoms with van der Waals surface area (Å²) in [5, 5.41) is 0. The maximum Gasteiger partial charge on any atom is 0.230 e. The van der Waals surface area contributed by atoms with Gasteiger partial charge in [-0.1, -0.05) is 44.4 Å². The lowest BCUT2D eigenvalue weighted by Crippen LogP contribution is -2.55. The molecule has 1 saturated carbocycles. The molecule has 2 heterocycles. The summed E-state index contributed by atoms with van der Waals surface area (Å²) in [7, 11) is 0. The zero-order chi connectivity index (χ0) is 24.9. The Hall–Kier alpha value is -2.60. The van der Waals surface area contributed by atoms with Gasteiger partial charge in [-0.25, -0.2) is 4.39 Å². The van der Waals surface area contributed by atoms with Gasteiger partial charge in [0.25, 0.3) is 0 Å². The largest absolute Gasteiger partial charge is 0.491 e. The van der Waals surface area contributed by atoms with Crippen LogP contribution in [0, 0.1) is 11.7 Å². The van der Waals surface area contributed by atoms with Crippen LogP contribution in [0.5, 0.6) is 5.75 Å². The number of para-hydroxylation sites is 1. The van der Waals surface area contributed by atoms with Crippen LogP contribution in [0.3, 0.4) is 0 Å². The van der Waals surface area contributed by atoms with Crippen molar-refractivity contribution in [3.8, 4) is 5.75 Å². The van der Waals surface area contributed by atoms with Gasteiger partial charge in [-0.3, -0.25) is 9.69 Å². The second-order valence-electron chi connectivity index (χ2n) is 10.6. The Labute approximate surface area is 215 Å². The minimum Gasteiger partial charge on any atom is -0.491 e. The van der Waals surface area contributed by atoms with Gasteiger partial charge in [0.15, 0.2) is 0 Å². The van der Waals surface area contributed by atoms with Gasteiger partial charge in [-0.05, 0) is 55.9 Å². The van der Waals surface area contributed by atoms with E-state index in [1.54, 1.807) is 12.1 Å². The molecule has 194 valence electrons. The van der Waals surface area contributed by atoms with E-state index in [1.165, 1.54) is 30.9 Å². The smallest absolute Gasteiger partial charge is 0.230 e. The fourth-order valence-electron chi connectivity index (χ4n) is 6.16. The highest BCUT2D eigenvalue weighted by atomic mass is 19.1. The van der Waals surface area contributed by atoms with E-state index >= 15 is 0 Å². The minimum absolute atomic E-state index is 0.166.